The van der Waals surface area contributed by atoms with E-state index in [4.69, 9.17) is 5.11 Å². The van der Waals surface area contributed by atoms with Gasteiger partial charge in [0.15, 0.2) is 0 Å². The minimum absolute atomic E-state index is 0.251. The molecular formula is C16H27N3O2. The van der Waals surface area contributed by atoms with E-state index in [1.807, 2.05) is 11.7 Å². The summed E-state index contributed by atoms with van der Waals surface area (Å²) < 4.78 is 1.94. The van der Waals surface area contributed by atoms with Crippen LogP contribution in [0.5, 0.6) is 0 Å². The van der Waals surface area contributed by atoms with Crippen LogP contribution >= 0.6 is 0 Å². The molecule has 0 bridgehead atoms. The number of likely N-dealkylation sites (tertiary alicyclic amines) is 1. The lowest BCUT2D eigenvalue weighted by Gasteiger charge is -2.35. The maximum atomic E-state index is 10.9. The van der Waals surface area contributed by atoms with E-state index < -0.39 is 5.97 Å². The molecule has 2 heterocycles. The van der Waals surface area contributed by atoms with Gasteiger partial charge in [-0.05, 0) is 45.1 Å². The number of carboxylic acid groups (broad SMARTS) is 1. The van der Waals surface area contributed by atoms with Crippen molar-refractivity contribution in [3.05, 3.63) is 17.0 Å². The molecule has 1 fully saturated rings. The molecule has 1 aliphatic rings. The lowest BCUT2D eigenvalue weighted by molar-refractivity contribution is -0.138. The average molecular weight is 293 g/mol. The molecule has 1 saturated heterocycles. The van der Waals surface area contributed by atoms with Gasteiger partial charge in [0.2, 0.25) is 0 Å². The van der Waals surface area contributed by atoms with Crippen molar-refractivity contribution in [2.24, 2.45) is 18.9 Å². The molecule has 1 aromatic rings. The fourth-order valence-electron chi connectivity index (χ4n) is 3.41. The molecule has 2 rings (SSSR count). The monoisotopic (exact) mass is 293 g/mol. The Labute approximate surface area is 126 Å². The first-order valence-corrected chi connectivity index (χ1v) is 7.81. The van der Waals surface area contributed by atoms with E-state index in [-0.39, 0.29) is 12.3 Å². The molecule has 0 amide bonds. The molecule has 0 aliphatic carbocycles. The van der Waals surface area contributed by atoms with Crippen molar-refractivity contribution in [3.63, 3.8) is 0 Å². The molecule has 21 heavy (non-hydrogen) atoms. The minimum atomic E-state index is -0.682. The molecule has 1 aromatic heterocycles. The Bertz CT molecular complexity index is 510. The van der Waals surface area contributed by atoms with Gasteiger partial charge in [-0.25, -0.2) is 0 Å². The van der Waals surface area contributed by atoms with Crippen LogP contribution in [0.15, 0.2) is 0 Å². The molecule has 5 nitrogen and oxygen atoms in total. The van der Waals surface area contributed by atoms with Crippen molar-refractivity contribution in [2.75, 3.05) is 13.1 Å². The summed E-state index contributed by atoms with van der Waals surface area (Å²) in [5.41, 5.74) is 3.66. The number of nitrogens with zero attached hydrogens (tertiary/aromatic N) is 3. The van der Waals surface area contributed by atoms with Gasteiger partial charge in [0.25, 0.3) is 0 Å². The van der Waals surface area contributed by atoms with Crippen LogP contribution in [0.25, 0.3) is 0 Å². The van der Waals surface area contributed by atoms with Crippen LogP contribution in [-0.4, -0.2) is 38.8 Å². The van der Waals surface area contributed by atoms with Crippen LogP contribution in [0.2, 0.25) is 0 Å². The Morgan fingerprint density at radius 3 is 2.76 bits per heavy atom. The van der Waals surface area contributed by atoms with Crippen molar-refractivity contribution in [2.45, 2.75) is 46.6 Å². The summed E-state index contributed by atoms with van der Waals surface area (Å²) in [5.74, 6) is 0.0621. The van der Waals surface area contributed by atoms with E-state index in [1.165, 1.54) is 11.3 Å². The van der Waals surface area contributed by atoms with Crippen LogP contribution < -0.4 is 0 Å². The molecule has 0 radical (unpaired) electrons. The third-order valence-electron chi connectivity index (χ3n) is 4.88. The molecule has 118 valence electrons. The fourth-order valence-corrected chi connectivity index (χ4v) is 3.41. The number of hydrogen-bond donors (Lipinski definition) is 1. The lowest BCUT2D eigenvalue weighted by atomic mass is 9.84. The van der Waals surface area contributed by atoms with Gasteiger partial charge in [0.1, 0.15) is 0 Å². The summed E-state index contributed by atoms with van der Waals surface area (Å²) in [6.07, 6.45) is 2.59. The second-order valence-corrected chi connectivity index (χ2v) is 6.49. The van der Waals surface area contributed by atoms with Crippen LogP contribution in [0.1, 0.15) is 43.1 Å². The summed E-state index contributed by atoms with van der Waals surface area (Å²) in [7, 11) is 1.99. The van der Waals surface area contributed by atoms with Crippen LogP contribution in [0.3, 0.4) is 0 Å². The first-order valence-electron chi connectivity index (χ1n) is 7.81. The lowest BCUT2D eigenvalue weighted by Crippen LogP contribution is -2.38. The molecule has 0 aromatic carbocycles. The summed E-state index contributed by atoms with van der Waals surface area (Å²) in [6.45, 7) is 9.29. The van der Waals surface area contributed by atoms with E-state index in [0.717, 1.165) is 38.2 Å². The zero-order valence-electron chi connectivity index (χ0n) is 13.6. The third kappa shape index (κ3) is 3.84. The Morgan fingerprint density at radius 1 is 1.48 bits per heavy atom. The quantitative estimate of drug-likeness (QED) is 0.905. The number of carbonyl (C=O) groups is 1. The first-order chi connectivity index (χ1) is 9.88. The number of rotatable bonds is 5. The summed E-state index contributed by atoms with van der Waals surface area (Å²) >= 11 is 0. The van der Waals surface area contributed by atoms with Crippen molar-refractivity contribution in [1.82, 2.24) is 14.7 Å². The molecule has 0 saturated carbocycles. The maximum absolute atomic E-state index is 10.9. The highest BCUT2D eigenvalue weighted by molar-refractivity contribution is 5.67. The second kappa shape index (κ2) is 6.60. The number of aromatic nitrogens is 2. The Kier molecular flexibility index (Phi) is 5.04. The highest BCUT2D eigenvalue weighted by Gasteiger charge is 2.26. The van der Waals surface area contributed by atoms with Crippen molar-refractivity contribution in [3.8, 4) is 0 Å². The van der Waals surface area contributed by atoms with Gasteiger partial charge in [-0.3, -0.25) is 14.4 Å². The van der Waals surface area contributed by atoms with Crippen molar-refractivity contribution in [1.29, 1.82) is 0 Å². The van der Waals surface area contributed by atoms with Gasteiger partial charge < -0.3 is 5.11 Å². The summed E-state index contributed by atoms with van der Waals surface area (Å²) in [4.78, 5) is 13.4. The van der Waals surface area contributed by atoms with Gasteiger partial charge in [-0.2, -0.15) is 5.10 Å². The maximum Gasteiger partial charge on any atom is 0.303 e. The molecule has 2 atom stereocenters. The number of aliphatic carboxylic acids is 1. The van der Waals surface area contributed by atoms with Gasteiger partial charge in [-0.15, -0.1) is 0 Å². The average Bonchev–Trinajstić information content (AvgIpc) is 2.65. The Morgan fingerprint density at radius 2 is 2.19 bits per heavy atom. The smallest absolute Gasteiger partial charge is 0.303 e. The van der Waals surface area contributed by atoms with Crippen LogP contribution in [0, 0.1) is 25.7 Å². The van der Waals surface area contributed by atoms with Gasteiger partial charge in [0, 0.05) is 37.8 Å². The Balaban J connectivity index is 1.99. The highest BCUT2D eigenvalue weighted by Crippen LogP contribution is 2.27. The third-order valence-corrected chi connectivity index (χ3v) is 4.88. The number of piperidine rings is 1. The van der Waals surface area contributed by atoms with E-state index in [2.05, 4.69) is 30.8 Å². The summed E-state index contributed by atoms with van der Waals surface area (Å²) in [5, 5.41) is 13.4. The second-order valence-electron chi connectivity index (χ2n) is 6.49. The van der Waals surface area contributed by atoms with E-state index in [0.29, 0.717) is 5.92 Å². The topological polar surface area (TPSA) is 58.4 Å². The number of hydrogen-bond acceptors (Lipinski definition) is 3. The van der Waals surface area contributed by atoms with E-state index in [9.17, 15) is 4.79 Å². The normalized spacial score (nSPS) is 21.4. The molecular weight excluding hydrogens is 266 g/mol. The molecule has 1 aliphatic heterocycles. The summed E-state index contributed by atoms with van der Waals surface area (Å²) in [6, 6.07) is 0. The van der Waals surface area contributed by atoms with Crippen LogP contribution in [-0.2, 0) is 18.4 Å². The van der Waals surface area contributed by atoms with Crippen molar-refractivity contribution >= 4 is 5.97 Å². The number of aryl methyl sites for hydroxylation is 2. The zero-order valence-corrected chi connectivity index (χ0v) is 13.6. The molecule has 5 heteroatoms. The van der Waals surface area contributed by atoms with Crippen molar-refractivity contribution < 1.29 is 9.90 Å². The largest absolute Gasteiger partial charge is 0.481 e. The van der Waals surface area contributed by atoms with Gasteiger partial charge >= 0.3 is 5.97 Å². The standard InChI is InChI=1S/C16H27N3O2/c1-11(8-16(20)21)14-6-5-7-19(9-14)10-15-12(2)17-18(4)13(15)3/h11,14H,5-10H2,1-4H3,(H,20,21). The highest BCUT2D eigenvalue weighted by atomic mass is 16.4. The van der Waals surface area contributed by atoms with Gasteiger partial charge in [-0.1, -0.05) is 6.92 Å². The predicted octanol–water partition coefficient (Wildman–Crippen LogP) is 2.36. The predicted molar refractivity (Wildman–Crippen MR) is 82.1 cm³/mol. The zero-order chi connectivity index (χ0) is 15.6. The Hall–Kier alpha value is -1.36. The first kappa shape index (κ1) is 16.0. The minimum Gasteiger partial charge on any atom is -0.481 e. The SMILES string of the molecule is Cc1nn(C)c(C)c1CN1CCCC(C(C)CC(=O)O)C1. The van der Waals surface area contributed by atoms with Gasteiger partial charge in [0.05, 0.1) is 5.69 Å². The molecule has 0 spiro atoms. The fraction of sp³-hybridized carbons (Fsp3) is 0.750. The van der Waals surface area contributed by atoms with E-state index in [1.54, 1.807) is 0 Å². The van der Waals surface area contributed by atoms with E-state index >= 15 is 0 Å². The number of carboxylic acids is 1. The molecule has 2 unspecified atom stereocenters. The van der Waals surface area contributed by atoms with Crippen LogP contribution in [0.4, 0.5) is 0 Å². The molecule has 1 N–H and O–H groups in total.